The molecule has 1 nitrogen and oxygen atoms in total. The molecule has 0 aromatic heterocycles. The minimum absolute atomic E-state index is 0.0903. The van der Waals surface area contributed by atoms with E-state index in [1.54, 1.807) is 11.1 Å². The number of anilines is 3. The van der Waals surface area contributed by atoms with Crippen molar-refractivity contribution in [3.05, 3.63) is 208 Å². The molecule has 0 heterocycles. The van der Waals surface area contributed by atoms with Crippen LogP contribution in [-0.4, -0.2) is 0 Å². The fourth-order valence-electron chi connectivity index (χ4n) is 15.0. The second-order valence-corrected chi connectivity index (χ2v) is 21.5. The van der Waals surface area contributed by atoms with Gasteiger partial charge in [0.15, 0.2) is 0 Å². The highest BCUT2D eigenvalue weighted by atomic mass is 15.1. The Hall–Kier alpha value is -5.66. The van der Waals surface area contributed by atoms with Gasteiger partial charge in [0.25, 0.3) is 0 Å². The third kappa shape index (κ3) is 4.86. The molecule has 4 saturated carbocycles. The summed E-state index contributed by atoms with van der Waals surface area (Å²) in [7, 11) is 0. The summed E-state index contributed by atoms with van der Waals surface area (Å²) in [5.41, 5.74) is 20.7. The van der Waals surface area contributed by atoms with Crippen LogP contribution in [0.2, 0.25) is 0 Å². The Balaban J connectivity index is 1.06. The monoisotopic (exact) mass is 803 g/mol. The van der Waals surface area contributed by atoms with E-state index in [1.807, 2.05) is 0 Å². The first-order valence-corrected chi connectivity index (χ1v) is 23.7. The summed E-state index contributed by atoms with van der Waals surface area (Å²) in [6, 6.07) is 64.0. The van der Waals surface area contributed by atoms with Gasteiger partial charge in [-0.3, -0.25) is 0 Å². The number of rotatable bonds is 5. The zero-order valence-corrected chi connectivity index (χ0v) is 36.8. The topological polar surface area (TPSA) is 3.24 Å². The molecule has 0 aliphatic heterocycles. The number of hydrogen-bond donors (Lipinski definition) is 0. The first-order valence-electron chi connectivity index (χ1n) is 23.7. The normalized spacial score (nSPS) is 25.7. The molecule has 0 radical (unpaired) electrons. The van der Waals surface area contributed by atoms with E-state index in [2.05, 4.69) is 196 Å². The smallest absolute Gasteiger partial charge is 0.0714 e. The lowest BCUT2D eigenvalue weighted by molar-refractivity contribution is -0.0399. The summed E-state index contributed by atoms with van der Waals surface area (Å²) in [4.78, 5) is 2.64. The molecule has 7 aromatic rings. The highest BCUT2D eigenvalue weighted by Crippen LogP contribution is 2.70. The summed E-state index contributed by atoms with van der Waals surface area (Å²) in [5.74, 6) is 3.25. The first kappa shape index (κ1) is 36.9. The van der Waals surface area contributed by atoms with Crippen LogP contribution in [0.1, 0.15) is 117 Å². The molecule has 14 rings (SSSR count). The maximum absolute atomic E-state index is 2.69. The lowest BCUT2D eigenvalue weighted by Crippen LogP contribution is -2.55. The molecule has 0 unspecified atom stereocenters. The minimum atomic E-state index is -0.470. The van der Waals surface area contributed by atoms with Gasteiger partial charge in [0.2, 0.25) is 0 Å². The van der Waals surface area contributed by atoms with E-state index in [0.717, 1.165) is 11.8 Å². The van der Waals surface area contributed by atoms with E-state index >= 15 is 0 Å². The number of benzene rings is 7. The second kappa shape index (κ2) is 12.9. The quantitative estimate of drug-likeness (QED) is 0.168. The van der Waals surface area contributed by atoms with Gasteiger partial charge in [-0.15, -0.1) is 0 Å². The Bertz CT molecular complexity index is 2870. The molecule has 7 aliphatic rings. The summed E-state index contributed by atoms with van der Waals surface area (Å²) in [6.45, 7) is 9.84. The lowest BCUT2D eigenvalue weighted by atomic mass is 9.43. The molecule has 4 bridgehead atoms. The first-order chi connectivity index (χ1) is 30.2. The van der Waals surface area contributed by atoms with Crippen molar-refractivity contribution in [3.63, 3.8) is 0 Å². The molecule has 306 valence electrons. The van der Waals surface area contributed by atoms with Crippen LogP contribution >= 0.6 is 0 Å². The van der Waals surface area contributed by atoms with Crippen LogP contribution in [-0.2, 0) is 21.7 Å². The minimum Gasteiger partial charge on any atom is -0.310 e. The third-order valence-electron chi connectivity index (χ3n) is 17.6. The van der Waals surface area contributed by atoms with Gasteiger partial charge >= 0.3 is 0 Å². The van der Waals surface area contributed by atoms with Crippen LogP contribution in [0, 0.1) is 23.7 Å². The van der Waals surface area contributed by atoms with Gasteiger partial charge in [0, 0.05) is 22.5 Å². The Morgan fingerprint density at radius 3 is 1.50 bits per heavy atom. The maximum atomic E-state index is 2.69. The van der Waals surface area contributed by atoms with Gasteiger partial charge in [0.05, 0.1) is 5.41 Å². The molecule has 7 aliphatic carbocycles. The molecule has 0 saturated heterocycles. The van der Waals surface area contributed by atoms with E-state index in [4.69, 9.17) is 0 Å². The predicted octanol–water partition coefficient (Wildman–Crippen LogP) is 15.6. The van der Waals surface area contributed by atoms with E-state index < -0.39 is 5.41 Å². The van der Waals surface area contributed by atoms with E-state index in [0.29, 0.717) is 11.8 Å². The van der Waals surface area contributed by atoms with Crippen molar-refractivity contribution in [3.8, 4) is 22.3 Å². The summed E-state index contributed by atoms with van der Waals surface area (Å²) in [5, 5.41) is 0. The van der Waals surface area contributed by atoms with Crippen molar-refractivity contribution in [2.75, 3.05) is 4.90 Å². The van der Waals surface area contributed by atoms with Crippen LogP contribution in [0.4, 0.5) is 17.1 Å². The SMILES string of the molecule is CC1(C)CCC(C)(C)c2cc(N(c3cccc(C4(c5ccccc5)c5ccccc5-c5ccccc54)c3)c3ccc4c(c3)C3(c5ccccc5-4)C4CC5CC(C4)CC3C5)ccc21. The average molecular weight is 804 g/mol. The molecular weight excluding hydrogens is 747 g/mol. The fourth-order valence-corrected chi connectivity index (χ4v) is 15.0. The van der Waals surface area contributed by atoms with Crippen LogP contribution in [0.5, 0.6) is 0 Å². The Kier molecular flexibility index (Phi) is 7.72. The highest BCUT2D eigenvalue weighted by Gasteiger charge is 2.61. The molecule has 0 atom stereocenters. The predicted molar refractivity (Wildman–Crippen MR) is 257 cm³/mol. The summed E-state index contributed by atoms with van der Waals surface area (Å²) in [6.07, 6.45) is 9.41. The second-order valence-electron chi connectivity index (χ2n) is 21.5. The molecule has 4 fully saturated rings. The van der Waals surface area contributed by atoms with Crippen LogP contribution in [0.25, 0.3) is 22.3 Å². The van der Waals surface area contributed by atoms with E-state index in [9.17, 15) is 0 Å². The van der Waals surface area contributed by atoms with Crippen molar-refractivity contribution in [2.45, 2.75) is 94.3 Å². The van der Waals surface area contributed by atoms with Crippen molar-refractivity contribution < 1.29 is 0 Å². The van der Waals surface area contributed by atoms with Crippen LogP contribution in [0.15, 0.2) is 164 Å². The molecule has 7 aromatic carbocycles. The Morgan fingerprint density at radius 2 is 0.855 bits per heavy atom. The standard InChI is InChI=1S/C61H57N/c1-58(2)29-30-59(3,4)57-38-47(26-28-55(57)58)62(46-25-27-51-50-21-10-13-24-54(50)61(56(51)37-46)43-32-39-31-40(34-43)35-44(61)33-39)45-18-14-17-42(36-45)60(41-15-6-5-7-16-41)52-22-11-8-19-48(52)49-20-9-12-23-53(49)60/h5-28,36-40,43-44H,29-35H2,1-4H3. The van der Waals surface area contributed by atoms with E-state index in [1.165, 1.54) is 118 Å². The average Bonchev–Trinajstić information content (AvgIpc) is 3.76. The largest absolute Gasteiger partial charge is 0.310 e. The third-order valence-corrected chi connectivity index (χ3v) is 17.6. The van der Waals surface area contributed by atoms with Gasteiger partial charge in [0.1, 0.15) is 0 Å². The Morgan fingerprint density at radius 1 is 0.371 bits per heavy atom. The van der Waals surface area contributed by atoms with Gasteiger partial charge in [-0.05, 0) is 183 Å². The van der Waals surface area contributed by atoms with Crippen LogP contribution in [0.3, 0.4) is 0 Å². The molecule has 1 heteroatoms. The number of fused-ring (bicyclic) bond motifs is 7. The number of nitrogens with zero attached hydrogens (tertiary/aromatic N) is 1. The van der Waals surface area contributed by atoms with Crippen molar-refractivity contribution in [1.82, 2.24) is 0 Å². The van der Waals surface area contributed by atoms with Gasteiger partial charge < -0.3 is 4.90 Å². The van der Waals surface area contributed by atoms with Gasteiger partial charge in [-0.1, -0.05) is 155 Å². The van der Waals surface area contributed by atoms with Crippen molar-refractivity contribution in [2.24, 2.45) is 23.7 Å². The molecule has 62 heavy (non-hydrogen) atoms. The van der Waals surface area contributed by atoms with Crippen LogP contribution < -0.4 is 4.90 Å². The summed E-state index contributed by atoms with van der Waals surface area (Å²) < 4.78 is 0. The van der Waals surface area contributed by atoms with Crippen molar-refractivity contribution >= 4 is 17.1 Å². The number of hydrogen-bond acceptors (Lipinski definition) is 1. The molecule has 0 amide bonds. The Labute approximate surface area is 368 Å². The van der Waals surface area contributed by atoms with Crippen molar-refractivity contribution in [1.29, 1.82) is 0 Å². The zero-order chi connectivity index (χ0) is 41.6. The zero-order valence-electron chi connectivity index (χ0n) is 36.8. The molecular formula is C61H57N. The van der Waals surface area contributed by atoms with Gasteiger partial charge in [-0.2, -0.15) is 0 Å². The van der Waals surface area contributed by atoms with Gasteiger partial charge in [-0.25, -0.2) is 0 Å². The fraction of sp³-hybridized carbons (Fsp3) is 0.311. The summed E-state index contributed by atoms with van der Waals surface area (Å²) >= 11 is 0. The lowest BCUT2D eigenvalue weighted by Gasteiger charge is -2.61. The maximum Gasteiger partial charge on any atom is 0.0714 e. The molecule has 0 N–H and O–H groups in total. The molecule has 1 spiro atoms. The van der Waals surface area contributed by atoms with E-state index in [-0.39, 0.29) is 16.2 Å². The highest BCUT2D eigenvalue weighted by molar-refractivity contribution is 5.89.